The van der Waals surface area contributed by atoms with Gasteiger partial charge in [-0.15, -0.1) is 11.3 Å². The lowest BCUT2D eigenvalue weighted by atomic mass is 10.2. The Balaban J connectivity index is 1.98. The highest BCUT2D eigenvalue weighted by Crippen LogP contribution is 2.23. The Morgan fingerprint density at radius 1 is 1.28 bits per heavy atom. The topological polar surface area (TPSA) is 67.2 Å². The van der Waals surface area contributed by atoms with Crippen molar-refractivity contribution in [2.24, 2.45) is 5.73 Å². The van der Waals surface area contributed by atoms with Gasteiger partial charge in [0.2, 0.25) is 0 Å². The van der Waals surface area contributed by atoms with Gasteiger partial charge in [0.05, 0.1) is 4.34 Å². The number of primary amides is 1. The third-order valence-corrected chi connectivity index (χ3v) is 3.46. The molecular weight excluding hydrogens is 270 g/mol. The van der Waals surface area contributed by atoms with E-state index in [-0.39, 0.29) is 0 Å². The van der Waals surface area contributed by atoms with Crippen molar-refractivity contribution in [2.75, 3.05) is 10.6 Å². The summed E-state index contributed by atoms with van der Waals surface area (Å²) in [7, 11) is 0. The summed E-state index contributed by atoms with van der Waals surface area (Å²) in [6, 6.07) is 10.6. The first-order valence-corrected chi connectivity index (χ1v) is 6.47. The van der Waals surface area contributed by atoms with E-state index in [2.05, 4.69) is 10.6 Å². The second-order valence-electron chi connectivity index (χ2n) is 3.63. The van der Waals surface area contributed by atoms with Gasteiger partial charge in [-0.2, -0.15) is 0 Å². The van der Waals surface area contributed by atoms with Crippen LogP contribution in [-0.4, -0.2) is 6.03 Å². The molecule has 6 heteroatoms. The monoisotopic (exact) mass is 281 g/mol. The molecule has 0 aliphatic rings. The number of carbonyl (C=O) groups excluding carboxylic acids is 1. The minimum atomic E-state index is -0.572. The largest absolute Gasteiger partial charge is 0.380 e. The molecule has 0 fully saturated rings. The maximum absolute atomic E-state index is 10.7. The second-order valence-corrected chi connectivity index (χ2v) is 5.43. The molecular formula is C12H12ClN3OS. The number of halogens is 1. The summed E-state index contributed by atoms with van der Waals surface area (Å²) < 4.78 is 0.774. The lowest BCUT2D eigenvalue weighted by Gasteiger charge is -2.07. The van der Waals surface area contributed by atoms with Crippen molar-refractivity contribution in [1.82, 2.24) is 0 Å². The molecule has 94 valence electrons. The quantitative estimate of drug-likeness (QED) is 0.803. The summed E-state index contributed by atoms with van der Waals surface area (Å²) in [6.07, 6.45) is 0. The van der Waals surface area contributed by atoms with Crippen molar-refractivity contribution in [3.8, 4) is 0 Å². The Bertz CT molecular complexity index is 556. The number of benzene rings is 1. The van der Waals surface area contributed by atoms with E-state index >= 15 is 0 Å². The van der Waals surface area contributed by atoms with Crippen molar-refractivity contribution in [3.63, 3.8) is 0 Å². The highest BCUT2D eigenvalue weighted by molar-refractivity contribution is 7.16. The van der Waals surface area contributed by atoms with Gasteiger partial charge in [-0.1, -0.05) is 17.7 Å². The summed E-state index contributed by atoms with van der Waals surface area (Å²) in [5, 5.41) is 5.78. The Morgan fingerprint density at radius 3 is 2.72 bits per heavy atom. The van der Waals surface area contributed by atoms with Gasteiger partial charge >= 0.3 is 6.03 Å². The van der Waals surface area contributed by atoms with E-state index in [1.165, 1.54) is 11.3 Å². The number of nitrogens with two attached hydrogens (primary N) is 1. The van der Waals surface area contributed by atoms with Gasteiger partial charge in [-0.3, -0.25) is 0 Å². The molecule has 4 nitrogen and oxygen atoms in total. The van der Waals surface area contributed by atoms with E-state index in [0.717, 1.165) is 14.9 Å². The average molecular weight is 282 g/mol. The van der Waals surface area contributed by atoms with Gasteiger partial charge in [-0.05, 0) is 30.3 Å². The Hall–Kier alpha value is -1.72. The molecule has 2 amide bonds. The van der Waals surface area contributed by atoms with Crippen LogP contribution in [0.5, 0.6) is 0 Å². The number of carbonyl (C=O) groups is 1. The first-order chi connectivity index (χ1) is 8.63. The zero-order valence-electron chi connectivity index (χ0n) is 9.44. The number of anilines is 2. The molecule has 18 heavy (non-hydrogen) atoms. The second kappa shape index (κ2) is 5.75. The number of nitrogens with one attached hydrogen (secondary N) is 2. The summed E-state index contributed by atoms with van der Waals surface area (Å²) in [5.74, 6) is 0. The molecule has 0 aliphatic carbocycles. The number of thiophene rings is 1. The van der Waals surface area contributed by atoms with E-state index in [1.807, 2.05) is 30.3 Å². The Labute approximate surface area is 114 Å². The third kappa shape index (κ3) is 3.65. The van der Waals surface area contributed by atoms with E-state index < -0.39 is 6.03 Å². The van der Waals surface area contributed by atoms with E-state index in [4.69, 9.17) is 17.3 Å². The first-order valence-electron chi connectivity index (χ1n) is 5.28. The highest BCUT2D eigenvalue weighted by Gasteiger charge is 2.00. The van der Waals surface area contributed by atoms with Crippen LogP contribution in [0.4, 0.5) is 16.2 Å². The molecule has 1 aromatic carbocycles. The number of amides is 2. The molecule has 0 bridgehead atoms. The van der Waals surface area contributed by atoms with Crippen LogP contribution in [0.25, 0.3) is 0 Å². The van der Waals surface area contributed by atoms with Crippen LogP contribution in [0, 0.1) is 0 Å². The number of rotatable bonds is 4. The van der Waals surface area contributed by atoms with Crippen LogP contribution in [0.15, 0.2) is 36.4 Å². The van der Waals surface area contributed by atoms with E-state index in [9.17, 15) is 4.79 Å². The van der Waals surface area contributed by atoms with Gasteiger partial charge in [0.1, 0.15) is 0 Å². The molecule has 0 atom stereocenters. The SMILES string of the molecule is NC(=O)Nc1cccc(NCc2ccc(Cl)s2)c1. The van der Waals surface area contributed by atoms with Crippen LogP contribution in [-0.2, 0) is 6.54 Å². The fourth-order valence-electron chi connectivity index (χ4n) is 1.49. The molecule has 0 radical (unpaired) electrons. The minimum absolute atomic E-state index is 0.572. The molecule has 0 unspecified atom stereocenters. The number of hydrogen-bond acceptors (Lipinski definition) is 3. The number of hydrogen-bond donors (Lipinski definition) is 3. The van der Waals surface area contributed by atoms with Gasteiger partial charge in [-0.25, -0.2) is 4.79 Å². The molecule has 2 rings (SSSR count). The summed E-state index contributed by atoms with van der Waals surface area (Å²) in [6.45, 7) is 0.692. The predicted molar refractivity (Wildman–Crippen MR) is 76.3 cm³/mol. The van der Waals surface area contributed by atoms with Crippen LogP contribution in [0.1, 0.15) is 4.88 Å². The maximum atomic E-state index is 10.7. The lowest BCUT2D eigenvalue weighted by molar-refractivity contribution is 0.259. The lowest BCUT2D eigenvalue weighted by Crippen LogP contribution is -2.19. The Morgan fingerprint density at radius 2 is 2.06 bits per heavy atom. The molecule has 2 aromatic rings. The smallest absolute Gasteiger partial charge is 0.316 e. The standard InChI is InChI=1S/C12H12ClN3OS/c13-11-5-4-10(18-11)7-15-8-2-1-3-9(6-8)16-12(14)17/h1-6,15H,7H2,(H3,14,16,17). The Kier molecular flexibility index (Phi) is 4.07. The van der Waals surface area contributed by atoms with Gasteiger partial charge in [0, 0.05) is 22.8 Å². The fourth-order valence-corrected chi connectivity index (χ4v) is 2.51. The molecule has 0 aliphatic heterocycles. The van der Waals surface area contributed by atoms with E-state index in [1.54, 1.807) is 6.07 Å². The first kappa shape index (κ1) is 12.7. The maximum Gasteiger partial charge on any atom is 0.316 e. The molecule has 1 heterocycles. The van der Waals surface area contributed by atoms with Crippen molar-refractivity contribution >= 4 is 40.3 Å². The van der Waals surface area contributed by atoms with Gasteiger partial charge in [0.15, 0.2) is 0 Å². The van der Waals surface area contributed by atoms with Crippen molar-refractivity contribution < 1.29 is 4.79 Å². The van der Waals surface area contributed by atoms with E-state index in [0.29, 0.717) is 12.2 Å². The predicted octanol–water partition coefficient (Wildman–Crippen LogP) is 3.50. The molecule has 0 spiro atoms. The van der Waals surface area contributed by atoms with Gasteiger partial charge < -0.3 is 16.4 Å². The summed E-state index contributed by atoms with van der Waals surface area (Å²) in [5.41, 5.74) is 6.63. The molecule has 1 aromatic heterocycles. The average Bonchev–Trinajstić information content (AvgIpc) is 2.72. The zero-order chi connectivity index (χ0) is 13.0. The van der Waals surface area contributed by atoms with Gasteiger partial charge in [0.25, 0.3) is 0 Å². The molecule has 0 saturated carbocycles. The van der Waals surface area contributed by atoms with Crippen LogP contribution >= 0.6 is 22.9 Å². The van der Waals surface area contributed by atoms with Crippen molar-refractivity contribution in [3.05, 3.63) is 45.6 Å². The summed E-state index contributed by atoms with van der Waals surface area (Å²) in [4.78, 5) is 11.9. The van der Waals surface area contributed by atoms with Crippen LogP contribution in [0.3, 0.4) is 0 Å². The summed E-state index contributed by atoms with van der Waals surface area (Å²) >= 11 is 7.39. The van der Waals surface area contributed by atoms with Crippen molar-refractivity contribution in [1.29, 1.82) is 0 Å². The molecule has 0 saturated heterocycles. The highest BCUT2D eigenvalue weighted by atomic mass is 35.5. The zero-order valence-corrected chi connectivity index (χ0v) is 11.0. The molecule has 4 N–H and O–H groups in total. The fraction of sp³-hybridized carbons (Fsp3) is 0.0833. The van der Waals surface area contributed by atoms with Crippen molar-refractivity contribution in [2.45, 2.75) is 6.54 Å². The van der Waals surface area contributed by atoms with Crippen LogP contribution < -0.4 is 16.4 Å². The minimum Gasteiger partial charge on any atom is -0.380 e. The van der Waals surface area contributed by atoms with Crippen LogP contribution in [0.2, 0.25) is 4.34 Å². The number of urea groups is 1. The normalized spacial score (nSPS) is 10.1. The third-order valence-electron chi connectivity index (χ3n) is 2.23.